The van der Waals surface area contributed by atoms with E-state index < -0.39 is 0 Å². The van der Waals surface area contributed by atoms with Crippen LogP contribution in [0.25, 0.3) is 76.9 Å². The zero-order valence-corrected chi connectivity index (χ0v) is 23.9. The first-order valence-corrected chi connectivity index (χ1v) is 15.0. The summed E-state index contributed by atoms with van der Waals surface area (Å²) in [6, 6.07) is 49.9. The first-order chi connectivity index (χ1) is 21.3. The van der Waals surface area contributed by atoms with Gasteiger partial charge in [0.2, 0.25) is 0 Å². The number of fused-ring (bicyclic) bond motifs is 2. The highest BCUT2D eigenvalue weighted by atomic mass is 32.1. The first kappa shape index (κ1) is 25.2. The highest BCUT2D eigenvalue weighted by Gasteiger charge is 2.13. The van der Waals surface area contributed by atoms with Crippen LogP contribution in [0.15, 0.2) is 146 Å². The maximum absolute atomic E-state index is 4.99. The van der Waals surface area contributed by atoms with Gasteiger partial charge >= 0.3 is 0 Å². The van der Waals surface area contributed by atoms with Gasteiger partial charge in [0, 0.05) is 22.1 Å². The zero-order valence-electron chi connectivity index (χ0n) is 23.1. The van der Waals surface area contributed by atoms with E-state index in [-0.39, 0.29) is 0 Å². The van der Waals surface area contributed by atoms with E-state index in [9.17, 15) is 0 Å². The van der Waals surface area contributed by atoms with Crippen LogP contribution in [0.3, 0.4) is 0 Å². The summed E-state index contributed by atoms with van der Waals surface area (Å²) in [5.41, 5.74) is 9.94. The Labute approximate surface area is 253 Å². The molecule has 0 atom stereocenters. The molecular weight excluding hydrogens is 545 g/mol. The molecule has 0 N–H and O–H groups in total. The lowest BCUT2D eigenvalue weighted by molar-refractivity contribution is 1.16. The van der Waals surface area contributed by atoms with E-state index in [1.165, 1.54) is 4.70 Å². The van der Waals surface area contributed by atoms with Gasteiger partial charge < -0.3 is 0 Å². The third-order valence-corrected chi connectivity index (χ3v) is 8.65. The van der Waals surface area contributed by atoms with Crippen LogP contribution >= 0.6 is 11.3 Å². The van der Waals surface area contributed by atoms with Crippen LogP contribution in [0.2, 0.25) is 0 Å². The molecule has 4 nitrogen and oxygen atoms in total. The van der Waals surface area contributed by atoms with Crippen LogP contribution < -0.4 is 0 Å². The van der Waals surface area contributed by atoms with Gasteiger partial charge in [0.15, 0.2) is 5.82 Å². The number of thiazole rings is 1. The average Bonchev–Trinajstić information content (AvgIpc) is 3.53. The van der Waals surface area contributed by atoms with Gasteiger partial charge in [-0.1, -0.05) is 115 Å². The molecule has 0 bridgehead atoms. The summed E-state index contributed by atoms with van der Waals surface area (Å²) in [6.45, 7) is 0. The van der Waals surface area contributed by atoms with Crippen LogP contribution in [-0.4, -0.2) is 19.9 Å². The molecule has 0 radical (unpaired) electrons. The van der Waals surface area contributed by atoms with E-state index in [4.69, 9.17) is 19.9 Å². The molecule has 3 aromatic heterocycles. The Balaban J connectivity index is 1.14. The van der Waals surface area contributed by atoms with Crippen molar-refractivity contribution in [1.82, 2.24) is 19.9 Å². The predicted molar refractivity (Wildman–Crippen MR) is 178 cm³/mol. The summed E-state index contributed by atoms with van der Waals surface area (Å²) < 4.78 is 1.21. The lowest BCUT2D eigenvalue weighted by atomic mass is 10.0. The van der Waals surface area contributed by atoms with Crippen molar-refractivity contribution in [3.63, 3.8) is 0 Å². The van der Waals surface area contributed by atoms with E-state index in [0.717, 1.165) is 66.3 Å². The molecule has 0 amide bonds. The SMILES string of the molecule is c1ccc(-c2cc(-c3ccc(-c4ccc(-c5nc6ccccc6s5)cc4)cc3)nc(-c3ccc4ccccc4n3)n2)cc1. The predicted octanol–water partition coefficient (Wildman–Crippen LogP) is 9.97. The molecule has 0 aliphatic heterocycles. The second-order valence-electron chi connectivity index (χ2n) is 10.4. The molecule has 0 aliphatic carbocycles. The van der Waals surface area contributed by atoms with Crippen LogP contribution in [0.4, 0.5) is 0 Å². The monoisotopic (exact) mass is 568 g/mol. The molecule has 8 rings (SSSR count). The Kier molecular flexibility index (Phi) is 6.28. The number of rotatable bonds is 5. The second-order valence-corrected chi connectivity index (χ2v) is 11.4. The molecule has 0 saturated heterocycles. The molecular formula is C38H24N4S. The van der Waals surface area contributed by atoms with Gasteiger partial charge in [-0.05, 0) is 41.5 Å². The van der Waals surface area contributed by atoms with Crippen molar-refractivity contribution in [2.75, 3.05) is 0 Å². The van der Waals surface area contributed by atoms with Crippen molar-refractivity contribution in [2.45, 2.75) is 0 Å². The molecule has 202 valence electrons. The maximum Gasteiger partial charge on any atom is 0.179 e. The smallest absolute Gasteiger partial charge is 0.179 e. The topological polar surface area (TPSA) is 51.6 Å². The molecule has 0 aliphatic rings. The molecule has 5 aromatic carbocycles. The molecule has 5 heteroatoms. The largest absolute Gasteiger partial charge is 0.244 e. The quantitative estimate of drug-likeness (QED) is 0.207. The van der Waals surface area contributed by atoms with E-state index in [1.54, 1.807) is 11.3 Å². The lowest BCUT2D eigenvalue weighted by Crippen LogP contribution is -1.97. The minimum atomic E-state index is 0.608. The Hall–Kier alpha value is -5.52. The fraction of sp³-hybridized carbons (Fsp3) is 0. The number of hydrogen-bond acceptors (Lipinski definition) is 5. The third-order valence-electron chi connectivity index (χ3n) is 7.56. The lowest BCUT2D eigenvalue weighted by Gasteiger charge is -2.10. The maximum atomic E-state index is 4.99. The number of para-hydroxylation sites is 2. The normalized spacial score (nSPS) is 11.3. The number of benzene rings is 5. The van der Waals surface area contributed by atoms with Crippen molar-refractivity contribution in [1.29, 1.82) is 0 Å². The van der Waals surface area contributed by atoms with Gasteiger partial charge in [-0.15, -0.1) is 11.3 Å². The van der Waals surface area contributed by atoms with Crippen LogP contribution in [0.5, 0.6) is 0 Å². The van der Waals surface area contributed by atoms with Gasteiger partial charge in [0.1, 0.15) is 10.7 Å². The van der Waals surface area contributed by atoms with Crippen LogP contribution in [-0.2, 0) is 0 Å². The molecule has 43 heavy (non-hydrogen) atoms. The molecule has 8 aromatic rings. The fourth-order valence-electron chi connectivity index (χ4n) is 5.29. The summed E-state index contributed by atoms with van der Waals surface area (Å²) in [7, 11) is 0. The van der Waals surface area contributed by atoms with Crippen LogP contribution in [0, 0.1) is 0 Å². The van der Waals surface area contributed by atoms with E-state index in [2.05, 4.69) is 97.1 Å². The van der Waals surface area contributed by atoms with Gasteiger partial charge in [0.05, 0.1) is 27.1 Å². The molecule has 0 saturated carbocycles. The Morgan fingerprint density at radius 3 is 1.67 bits per heavy atom. The van der Waals surface area contributed by atoms with Gasteiger partial charge in [-0.3, -0.25) is 0 Å². The minimum Gasteiger partial charge on any atom is -0.244 e. The third kappa shape index (κ3) is 4.96. The van der Waals surface area contributed by atoms with Crippen molar-refractivity contribution in [3.8, 4) is 55.7 Å². The van der Waals surface area contributed by atoms with Gasteiger partial charge in [0.25, 0.3) is 0 Å². The molecule has 0 unspecified atom stereocenters. The molecule has 0 spiro atoms. The highest BCUT2D eigenvalue weighted by Crippen LogP contribution is 2.33. The number of hydrogen-bond donors (Lipinski definition) is 0. The van der Waals surface area contributed by atoms with Crippen molar-refractivity contribution in [3.05, 3.63) is 146 Å². The number of pyridine rings is 1. The fourth-order valence-corrected chi connectivity index (χ4v) is 6.26. The van der Waals surface area contributed by atoms with Crippen molar-refractivity contribution in [2.24, 2.45) is 0 Å². The van der Waals surface area contributed by atoms with Crippen molar-refractivity contribution < 1.29 is 0 Å². The average molecular weight is 569 g/mol. The van der Waals surface area contributed by atoms with Gasteiger partial charge in [-0.2, -0.15) is 0 Å². The zero-order chi connectivity index (χ0) is 28.6. The minimum absolute atomic E-state index is 0.608. The molecule has 0 fully saturated rings. The van der Waals surface area contributed by atoms with E-state index >= 15 is 0 Å². The van der Waals surface area contributed by atoms with E-state index in [1.807, 2.05) is 48.5 Å². The standard InChI is InChI=1S/C38H24N4S/c1-2-8-27(9-3-1)34-24-35(41-37(40-34)33-23-22-28-10-4-5-11-31(28)39-33)29-18-14-25(15-19-29)26-16-20-30(21-17-26)38-42-32-12-6-7-13-36(32)43-38/h1-24H. The second kappa shape index (κ2) is 10.7. The summed E-state index contributed by atoms with van der Waals surface area (Å²) >= 11 is 1.72. The van der Waals surface area contributed by atoms with Gasteiger partial charge in [-0.25, -0.2) is 19.9 Å². The first-order valence-electron chi connectivity index (χ1n) is 14.1. The Morgan fingerprint density at radius 2 is 0.953 bits per heavy atom. The number of nitrogens with zero attached hydrogens (tertiary/aromatic N) is 4. The number of aromatic nitrogens is 4. The Bertz CT molecular complexity index is 2190. The summed E-state index contributed by atoms with van der Waals surface area (Å²) in [6.07, 6.45) is 0. The summed E-state index contributed by atoms with van der Waals surface area (Å²) in [4.78, 5) is 19.6. The Morgan fingerprint density at radius 1 is 0.372 bits per heavy atom. The van der Waals surface area contributed by atoms with Crippen molar-refractivity contribution >= 4 is 32.5 Å². The summed E-state index contributed by atoms with van der Waals surface area (Å²) in [5.74, 6) is 0.608. The summed E-state index contributed by atoms with van der Waals surface area (Å²) in [5, 5.41) is 2.13. The van der Waals surface area contributed by atoms with E-state index in [0.29, 0.717) is 5.82 Å². The van der Waals surface area contributed by atoms with Crippen LogP contribution in [0.1, 0.15) is 0 Å². The highest BCUT2D eigenvalue weighted by molar-refractivity contribution is 7.21. The molecule has 3 heterocycles.